The first kappa shape index (κ1) is 15.3. The Kier molecular flexibility index (Phi) is 4.48. The Morgan fingerprint density at radius 2 is 2.05 bits per heavy atom. The quantitative estimate of drug-likeness (QED) is 0.834. The zero-order valence-corrected chi connectivity index (χ0v) is 12.4. The van der Waals surface area contributed by atoms with Crippen LogP contribution in [0.25, 0.3) is 0 Å². The molecule has 0 aliphatic carbocycles. The number of carbonyl (C=O) groups excluding carboxylic acids is 1. The number of amides is 1. The van der Waals surface area contributed by atoms with Crippen molar-refractivity contribution in [3.05, 3.63) is 35.9 Å². The maximum absolute atomic E-state index is 11.8. The number of benzene rings is 1. The highest BCUT2D eigenvalue weighted by atomic mass is 32.2. The average molecular weight is 308 g/mol. The van der Waals surface area contributed by atoms with Gasteiger partial charge in [0.1, 0.15) is 6.61 Å². The molecule has 2 rings (SSSR count). The predicted octanol–water partition coefficient (Wildman–Crippen LogP) is 1.19. The minimum atomic E-state index is -3.42. The third-order valence-electron chi connectivity index (χ3n) is 3.39. The van der Waals surface area contributed by atoms with E-state index in [0.29, 0.717) is 0 Å². The molecule has 0 spiro atoms. The summed E-state index contributed by atoms with van der Waals surface area (Å²) in [6.07, 6.45) is 0.553. The summed E-state index contributed by atoms with van der Waals surface area (Å²) in [7, 11) is -3.42. The van der Waals surface area contributed by atoms with E-state index in [-0.39, 0.29) is 25.6 Å². The predicted molar refractivity (Wildman–Crippen MR) is 75.9 cm³/mol. The van der Waals surface area contributed by atoms with Crippen LogP contribution >= 0.6 is 0 Å². The second-order valence-corrected chi connectivity index (χ2v) is 7.25. The van der Waals surface area contributed by atoms with Crippen LogP contribution in [0.4, 0.5) is 4.79 Å². The minimum absolute atomic E-state index is 0.175. The Balaban J connectivity index is 1.82. The molecule has 1 aliphatic heterocycles. The van der Waals surface area contributed by atoms with Gasteiger partial charge in [-0.1, -0.05) is 30.3 Å². The third-order valence-corrected chi connectivity index (χ3v) is 4.80. The average Bonchev–Trinajstić information content (AvgIpc) is 2.39. The number of nitriles is 1. The van der Waals surface area contributed by atoms with Crippen molar-refractivity contribution in [3.8, 4) is 6.07 Å². The van der Waals surface area contributed by atoms with Gasteiger partial charge in [0.25, 0.3) is 0 Å². The Morgan fingerprint density at radius 1 is 1.43 bits per heavy atom. The number of likely N-dealkylation sites (tertiary alicyclic amines) is 1. The zero-order chi connectivity index (χ0) is 15.5. The highest BCUT2D eigenvalue weighted by molar-refractivity contribution is 7.91. The summed E-state index contributed by atoms with van der Waals surface area (Å²) >= 11 is 0. The molecule has 1 fully saturated rings. The van der Waals surface area contributed by atoms with Gasteiger partial charge in [0.2, 0.25) is 0 Å². The molecule has 0 radical (unpaired) electrons. The fraction of sp³-hybridized carbons (Fsp3) is 0.429. The number of carbonyl (C=O) groups is 1. The van der Waals surface area contributed by atoms with E-state index < -0.39 is 21.2 Å². The van der Waals surface area contributed by atoms with Crippen molar-refractivity contribution in [2.75, 3.05) is 19.3 Å². The van der Waals surface area contributed by atoms with Crippen molar-refractivity contribution in [3.63, 3.8) is 0 Å². The molecule has 0 bridgehead atoms. The monoisotopic (exact) mass is 308 g/mol. The molecule has 1 atom stereocenters. The van der Waals surface area contributed by atoms with Gasteiger partial charge in [-0.3, -0.25) is 0 Å². The van der Waals surface area contributed by atoms with Crippen molar-refractivity contribution in [2.24, 2.45) is 5.92 Å². The van der Waals surface area contributed by atoms with Crippen LogP contribution in [0.15, 0.2) is 30.3 Å². The van der Waals surface area contributed by atoms with E-state index in [1.54, 1.807) is 6.07 Å². The van der Waals surface area contributed by atoms with Gasteiger partial charge >= 0.3 is 6.09 Å². The van der Waals surface area contributed by atoms with Crippen LogP contribution in [0.3, 0.4) is 0 Å². The fourth-order valence-electron chi connectivity index (χ4n) is 2.21. The van der Waals surface area contributed by atoms with Crippen molar-refractivity contribution >= 4 is 15.9 Å². The lowest BCUT2D eigenvalue weighted by molar-refractivity contribution is 0.0514. The van der Waals surface area contributed by atoms with Gasteiger partial charge in [-0.25, -0.2) is 13.2 Å². The van der Waals surface area contributed by atoms with Gasteiger partial charge in [-0.2, -0.15) is 5.26 Å². The van der Waals surface area contributed by atoms with E-state index in [9.17, 15) is 13.2 Å². The van der Waals surface area contributed by atoms with Gasteiger partial charge in [-0.15, -0.1) is 0 Å². The first-order valence-corrected chi connectivity index (χ1v) is 8.41. The number of rotatable bonds is 4. The molecule has 1 heterocycles. The van der Waals surface area contributed by atoms with Gasteiger partial charge in [-0.05, 0) is 5.56 Å². The molecular weight excluding hydrogens is 292 g/mol. The van der Waals surface area contributed by atoms with E-state index >= 15 is 0 Å². The molecule has 0 N–H and O–H groups in total. The summed E-state index contributed by atoms with van der Waals surface area (Å²) in [4.78, 5) is 13.2. The first-order chi connectivity index (χ1) is 9.91. The zero-order valence-electron chi connectivity index (χ0n) is 11.6. The summed E-state index contributed by atoms with van der Waals surface area (Å²) in [6.45, 7) is 0.645. The van der Waals surface area contributed by atoms with E-state index in [4.69, 9.17) is 10.00 Å². The number of hydrogen-bond acceptors (Lipinski definition) is 5. The second-order valence-electron chi connectivity index (χ2n) is 5.08. The second kappa shape index (κ2) is 6.14. The number of nitrogens with zero attached hydrogens (tertiary/aromatic N) is 2. The van der Waals surface area contributed by atoms with Crippen LogP contribution in [0.1, 0.15) is 5.56 Å². The smallest absolute Gasteiger partial charge is 0.410 e. The number of sulfone groups is 1. The summed E-state index contributed by atoms with van der Waals surface area (Å²) in [5, 5.41) is 7.85. The van der Waals surface area contributed by atoms with Gasteiger partial charge in [0.15, 0.2) is 15.1 Å². The fourth-order valence-corrected chi connectivity index (χ4v) is 3.28. The summed E-state index contributed by atoms with van der Waals surface area (Å²) < 4.78 is 28.0. The molecule has 0 aromatic heterocycles. The van der Waals surface area contributed by atoms with Gasteiger partial charge in [0.05, 0.1) is 6.07 Å². The Bertz CT molecular complexity index is 645. The van der Waals surface area contributed by atoms with Crippen LogP contribution in [-0.4, -0.2) is 44.0 Å². The van der Waals surface area contributed by atoms with Crippen molar-refractivity contribution in [1.29, 1.82) is 5.26 Å². The van der Waals surface area contributed by atoms with Crippen LogP contribution in [0.5, 0.6) is 0 Å². The normalized spacial score (nSPS) is 16.7. The van der Waals surface area contributed by atoms with Crippen LogP contribution < -0.4 is 0 Å². The Morgan fingerprint density at radius 3 is 2.57 bits per heavy atom. The number of ether oxygens (including phenoxy) is 1. The van der Waals surface area contributed by atoms with Crippen molar-refractivity contribution in [1.82, 2.24) is 4.90 Å². The lowest BCUT2D eigenvalue weighted by Gasteiger charge is -2.39. The molecule has 1 aromatic carbocycles. The largest absolute Gasteiger partial charge is 0.445 e. The minimum Gasteiger partial charge on any atom is -0.445 e. The summed E-state index contributed by atoms with van der Waals surface area (Å²) in [6, 6.07) is 11.1. The molecule has 1 aromatic rings. The molecule has 0 saturated carbocycles. The molecule has 1 aliphatic rings. The molecular formula is C14H16N2O4S. The maximum Gasteiger partial charge on any atom is 0.410 e. The third kappa shape index (κ3) is 3.73. The highest BCUT2D eigenvalue weighted by Crippen LogP contribution is 2.24. The van der Waals surface area contributed by atoms with Crippen LogP contribution in [-0.2, 0) is 21.2 Å². The molecule has 1 saturated heterocycles. The molecule has 112 valence electrons. The standard InChI is InChI=1S/C14H16N2O4S/c1-21(18,19)13(7-15)12-8-16(9-12)14(17)20-10-11-5-3-2-4-6-11/h2-6,12-13H,8-10H2,1H3. The Labute approximate surface area is 123 Å². The lowest BCUT2D eigenvalue weighted by Crippen LogP contribution is -2.55. The van der Waals surface area contributed by atoms with Gasteiger partial charge in [0, 0.05) is 25.3 Å². The SMILES string of the molecule is CS(=O)(=O)C(C#N)C1CN(C(=O)OCc2ccccc2)C1. The topological polar surface area (TPSA) is 87.5 Å². The first-order valence-electron chi connectivity index (χ1n) is 6.46. The van der Waals surface area contributed by atoms with Crippen LogP contribution in [0.2, 0.25) is 0 Å². The van der Waals surface area contributed by atoms with E-state index in [0.717, 1.165) is 11.8 Å². The van der Waals surface area contributed by atoms with Gasteiger partial charge < -0.3 is 9.64 Å². The number of hydrogen-bond donors (Lipinski definition) is 0. The Hall–Kier alpha value is -2.07. The van der Waals surface area contributed by atoms with E-state index in [2.05, 4.69) is 0 Å². The summed E-state index contributed by atoms with van der Waals surface area (Å²) in [5.74, 6) is -0.339. The van der Waals surface area contributed by atoms with Crippen LogP contribution in [0, 0.1) is 17.2 Å². The highest BCUT2D eigenvalue weighted by Gasteiger charge is 2.41. The molecule has 7 heteroatoms. The van der Waals surface area contributed by atoms with E-state index in [1.807, 2.05) is 30.3 Å². The van der Waals surface area contributed by atoms with Crippen molar-refractivity contribution in [2.45, 2.75) is 11.9 Å². The maximum atomic E-state index is 11.8. The van der Waals surface area contributed by atoms with E-state index in [1.165, 1.54) is 4.90 Å². The summed E-state index contributed by atoms with van der Waals surface area (Å²) in [5.41, 5.74) is 0.883. The lowest BCUT2D eigenvalue weighted by atomic mass is 9.97. The molecule has 1 unspecified atom stereocenters. The molecule has 21 heavy (non-hydrogen) atoms. The molecule has 6 nitrogen and oxygen atoms in total. The molecule has 1 amide bonds. The van der Waals surface area contributed by atoms with Crippen molar-refractivity contribution < 1.29 is 17.9 Å².